The van der Waals surface area contributed by atoms with Crippen molar-refractivity contribution in [2.45, 2.75) is 30.6 Å². The van der Waals surface area contributed by atoms with Crippen LogP contribution >= 0.6 is 11.8 Å². The topological polar surface area (TPSA) is 86.5 Å². The second-order valence-electron chi connectivity index (χ2n) is 6.57. The molecule has 2 rings (SSSR count). The summed E-state index contributed by atoms with van der Waals surface area (Å²) in [5, 5.41) is 11.2. The van der Waals surface area contributed by atoms with Crippen LogP contribution in [0.15, 0.2) is 58.3 Å². The van der Waals surface area contributed by atoms with Gasteiger partial charge in [0.2, 0.25) is 0 Å². The number of hydrogen-bond donors (Lipinski definition) is 0. The zero-order chi connectivity index (χ0) is 19.3. The molecule has 6 nitrogen and oxygen atoms in total. The molecule has 0 N–H and O–H groups in total. The summed E-state index contributed by atoms with van der Waals surface area (Å²) in [5.74, 6) is -0.820. The summed E-state index contributed by atoms with van der Waals surface area (Å²) < 4.78 is 5.14. The number of ether oxygens (including phenoxy) is 1. The molecule has 26 heavy (non-hydrogen) atoms. The zero-order valence-corrected chi connectivity index (χ0v) is 15.5. The number of Topliss-reactive ketones (excluding diaryl/α,β-unsaturated/α-hetero) is 1. The van der Waals surface area contributed by atoms with E-state index in [1.54, 1.807) is 63.2 Å². The van der Waals surface area contributed by atoms with E-state index in [1.807, 2.05) is 0 Å². The second kappa shape index (κ2) is 8.14. The van der Waals surface area contributed by atoms with E-state index in [4.69, 9.17) is 4.74 Å². The number of carbonyl (C=O) groups excluding carboxylic acids is 2. The highest BCUT2D eigenvalue weighted by molar-refractivity contribution is 7.99. The Balaban J connectivity index is 2.22. The minimum absolute atomic E-state index is 0.0384. The van der Waals surface area contributed by atoms with Gasteiger partial charge in [-0.25, -0.2) is 4.79 Å². The van der Waals surface area contributed by atoms with Crippen LogP contribution < -0.4 is 0 Å². The van der Waals surface area contributed by atoms with Crippen LogP contribution in [0.1, 0.15) is 31.1 Å². The molecule has 0 heterocycles. The number of esters is 1. The van der Waals surface area contributed by atoms with E-state index in [1.165, 1.54) is 6.07 Å². The maximum atomic E-state index is 12.4. The molecule has 0 fully saturated rings. The lowest BCUT2D eigenvalue weighted by Crippen LogP contribution is -2.26. The first-order valence-electron chi connectivity index (χ1n) is 7.91. The van der Waals surface area contributed by atoms with Crippen LogP contribution in [0.3, 0.4) is 0 Å². The Kier molecular flexibility index (Phi) is 6.15. The third-order valence-electron chi connectivity index (χ3n) is 3.56. The molecule has 0 saturated carbocycles. The largest absolute Gasteiger partial charge is 0.454 e. The molecule has 0 saturated heterocycles. The van der Waals surface area contributed by atoms with Crippen molar-refractivity contribution in [2.75, 3.05) is 6.61 Å². The van der Waals surface area contributed by atoms with Crippen molar-refractivity contribution in [1.29, 1.82) is 0 Å². The van der Waals surface area contributed by atoms with Crippen molar-refractivity contribution in [1.82, 2.24) is 0 Å². The molecule has 0 aliphatic heterocycles. The van der Waals surface area contributed by atoms with E-state index < -0.39 is 16.3 Å². The summed E-state index contributed by atoms with van der Waals surface area (Å²) in [6.07, 6.45) is 0. The molecule has 7 heteroatoms. The van der Waals surface area contributed by atoms with Gasteiger partial charge < -0.3 is 4.74 Å². The highest BCUT2D eigenvalue weighted by atomic mass is 32.2. The van der Waals surface area contributed by atoms with E-state index in [0.29, 0.717) is 9.79 Å². The van der Waals surface area contributed by atoms with Crippen LogP contribution in [-0.4, -0.2) is 23.3 Å². The molecular weight excluding hydrogens is 354 g/mol. The Hall–Kier alpha value is -2.67. The van der Waals surface area contributed by atoms with Gasteiger partial charge in [0.1, 0.15) is 0 Å². The molecule has 2 aromatic rings. The van der Waals surface area contributed by atoms with Crippen molar-refractivity contribution in [3.05, 3.63) is 64.2 Å². The highest BCUT2D eigenvalue weighted by Crippen LogP contribution is 2.36. The average Bonchev–Trinajstić information content (AvgIpc) is 2.59. The van der Waals surface area contributed by atoms with E-state index >= 15 is 0 Å². The van der Waals surface area contributed by atoms with Crippen molar-refractivity contribution in [2.24, 2.45) is 5.41 Å². The standard InChI is InChI=1S/C19H19NO5S/c1-19(2,3)17(21)12-25-18(22)13-8-4-6-10-15(13)26-16-11-7-5-9-14(16)20(23)24/h4-11H,12H2,1-3H3. The predicted molar refractivity (Wildman–Crippen MR) is 98.4 cm³/mol. The number of nitro groups is 1. The first-order chi connectivity index (χ1) is 12.2. The van der Waals surface area contributed by atoms with E-state index in [0.717, 1.165) is 11.8 Å². The van der Waals surface area contributed by atoms with Gasteiger partial charge in [-0.2, -0.15) is 0 Å². The van der Waals surface area contributed by atoms with E-state index in [-0.39, 0.29) is 23.6 Å². The normalized spacial score (nSPS) is 11.0. The fraction of sp³-hybridized carbons (Fsp3) is 0.263. The SMILES string of the molecule is CC(C)(C)C(=O)COC(=O)c1ccccc1Sc1ccccc1[N+](=O)[O-]. The molecule has 0 aromatic heterocycles. The number of ketones is 1. The average molecular weight is 373 g/mol. The molecule has 0 unspecified atom stereocenters. The van der Waals surface area contributed by atoms with Crippen LogP contribution in [0.25, 0.3) is 0 Å². The number of benzene rings is 2. The van der Waals surface area contributed by atoms with Gasteiger partial charge in [0.15, 0.2) is 12.4 Å². The molecule has 0 aliphatic rings. The molecule has 0 atom stereocenters. The Morgan fingerprint density at radius 2 is 1.62 bits per heavy atom. The lowest BCUT2D eigenvalue weighted by molar-refractivity contribution is -0.387. The van der Waals surface area contributed by atoms with Gasteiger partial charge in [0.25, 0.3) is 5.69 Å². The molecule has 0 bridgehead atoms. The number of nitrogens with zero attached hydrogens (tertiary/aromatic N) is 1. The molecular formula is C19H19NO5S. The van der Waals surface area contributed by atoms with E-state index in [9.17, 15) is 19.7 Å². The number of hydrogen-bond acceptors (Lipinski definition) is 6. The second-order valence-corrected chi connectivity index (χ2v) is 7.66. The molecule has 0 radical (unpaired) electrons. The van der Waals surface area contributed by atoms with Gasteiger partial charge in [-0.3, -0.25) is 14.9 Å². The monoisotopic (exact) mass is 373 g/mol. The maximum absolute atomic E-state index is 12.4. The quantitative estimate of drug-likeness (QED) is 0.420. The Labute approximate surface area is 155 Å². The fourth-order valence-electron chi connectivity index (χ4n) is 1.96. The summed E-state index contributed by atoms with van der Waals surface area (Å²) >= 11 is 1.11. The summed E-state index contributed by atoms with van der Waals surface area (Å²) in [6.45, 7) is 4.94. The smallest absolute Gasteiger partial charge is 0.339 e. The van der Waals surface area contributed by atoms with Crippen LogP contribution in [0, 0.1) is 15.5 Å². The molecule has 136 valence electrons. The number of rotatable bonds is 6. The minimum Gasteiger partial charge on any atom is -0.454 e. The molecule has 0 spiro atoms. The van der Waals surface area contributed by atoms with Gasteiger partial charge in [-0.15, -0.1) is 0 Å². The Morgan fingerprint density at radius 1 is 1.04 bits per heavy atom. The van der Waals surface area contributed by atoms with Crippen LogP contribution in [-0.2, 0) is 9.53 Å². The summed E-state index contributed by atoms with van der Waals surface area (Å²) in [7, 11) is 0. The third-order valence-corrected chi connectivity index (χ3v) is 4.70. The van der Waals surface area contributed by atoms with Gasteiger partial charge in [-0.05, 0) is 18.2 Å². The van der Waals surface area contributed by atoms with Crippen molar-refractivity contribution >= 4 is 29.2 Å². The first-order valence-corrected chi connectivity index (χ1v) is 8.72. The third kappa shape index (κ3) is 4.92. The van der Waals surface area contributed by atoms with Crippen LogP contribution in [0.2, 0.25) is 0 Å². The predicted octanol–water partition coefficient (Wildman–Crippen LogP) is 4.52. The summed E-state index contributed by atoms with van der Waals surface area (Å²) in [4.78, 5) is 36.0. The lowest BCUT2D eigenvalue weighted by Gasteiger charge is -2.16. The molecule has 0 amide bonds. The summed E-state index contributed by atoms with van der Waals surface area (Å²) in [6, 6.07) is 13.0. The van der Waals surface area contributed by atoms with E-state index in [2.05, 4.69) is 0 Å². The number of para-hydroxylation sites is 1. The van der Waals surface area contributed by atoms with Gasteiger partial charge in [0.05, 0.1) is 15.4 Å². The van der Waals surface area contributed by atoms with Crippen LogP contribution in [0.4, 0.5) is 5.69 Å². The van der Waals surface area contributed by atoms with Crippen molar-refractivity contribution in [3.8, 4) is 0 Å². The zero-order valence-electron chi connectivity index (χ0n) is 14.7. The Morgan fingerprint density at radius 3 is 2.23 bits per heavy atom. The number of nitro benzene ring substituents is 1. The lowest BCUT2D eigenvalue weighted by atomic mass is 9.91. The van der Waals surface area contributed by atoms with Crippen LogP contribution in [0.5, 0.6) is 0 Å². The van der Waals surface area contributed by atoms with Crippen molar-refractivity contribution in [3.63, 3.8) is 0 Å². The highest BCUT2D eigenvalue weighted by Gasteiger charge is 2.24. The molecule has 0 aliphatic carbocycles. The molecule has 2 aromatic carbocycles. The minimum atomic E-state index is -0.635. The van der Waals surface area contributed by atoms with Gasteiger partial charge in [-0.1, -0.05) is 56.8 Å². The summed E-state index contributed by atoms with van der Waals surface area (Å²) in [5.41, 5.74) is -0.375. The number of carbonyl (C=O) groups is 2. The van der Waals surface area contributed by atoms with Gasteiger partial charge in [0, 0.05) is 16.4 Å². The van der Waals surface area contributed by atoms with Gasteiger partial charge >= 0.3 is 5.97 Å². The Bertz CT molecular complexity index is 842. The van der Waals surface area contributed by atoms with Crippen molar-refractivity contribution < 1.29 is 19.2 Å². The fourth-order valence-corrected chi connectivity index (χ4v) is 3.00. The maximum Gasteiger partial charge on any atom is 0.339 e. The first kappa shape index (κ1) is 19.7.